The van der Waals surface area contributed by atoms with Gasteiger partial charge in [-0.05, 0) is 48.0 Å². The van der Waals surface area contributed by atoms with Gasteiger partial charge < -0.3 is 4.74 Å². The SMILES string of the molecule is Cn1c(=O)n(-c2ccc(OCc3ccccc3)cc2)c2cc(Cl)ccc21. The third-order valence-corrected chi connectivity index (χ3v) is 4.60. The van der Waals surface area contributed by atoms with Crippen LogP contribution in [0.25, 0.3) is 16.7 Å². The molecule has 1 heterocycles. The highest BCUT2D eigenvalue weighted by atomic mass is 35.5. The predicted octanol–water partition coefficient (Wildman–Crippen LogP) is 4.56. The quantitative estimate of drug-likeness (QED) is 0.532. The van der Waals surface area contributed by atoms with E-state index < -0.39 is 0 Å². The first-order valence-corrected chi connectivity index (χ1v) is 8.65. The van der Waals surface area contributed by atoms with E-state index in [1.165, 1.54) is 0 Å². The van der Waals surface area contributed by atoms with Crippen LogP contribution in [0, 0.1) is 0 Å². The Kier molecular flexibility index (Phi) is 4.27. The van der Waals surface area contributed by atoms with Crippen molar-refractivity contribution in [2.45, 2.75) is 6.61 Å². The van der Waals surface area contributed by atoms with Crippen molar-refractivity contribution in [1.29, 1.82) is 0 Å². The van der Waals surface area contributed by atoms with E-state index in [4.69, 9.17) is 16.3 Å². The Labute approximate surface area is 155 Å². The highest BCUT2D eigenvalue weighted by molar-refractivity contribution is 6.31. The van der Waals surface area contributed by atoms with Gasteiger partial charge in [-0.15, -0.1) is 0 Å². The van der Waals surface area contributed by atoms with Gasteiger partial charge in [0.05, 0.1) is 16.7 Å². The van der Waals surface area contributed by atoms with Gasteiger partial charge in [-0.1, -0.05) is 41.9 Å². The van der Waals surface area contributed by atoms with E-state index in [2.05, 4.69) is 0 Å². The van der Waals surface area contributed by atoms with Crippen molar-refractivity contribution in [1.82, 2.24) is 9.13 Å². The Morgan fingerprint density at radius 2 is 1.65 bits per heavy atom. The van der Waals surface area contributed by atoms with Crippen LogP contribution in [0.4, 0.5) is 0 Å². The molecule has 0 radical (unpaired) electrons. The standard InChI is InChI=1S/C21H17ClN2O2/c1-23-19-12-7-16(22)13-20(19)24(21(23)25)17-8-10-18(11-9-17)26-14-15-5-3-2-4-6-15/h2-13H,14H2,1H3. The van der Waals surface area contributed by atoms with Gasteiger partial charge in [0.2, 0.25) is 0 Å². The minimum atomic E-state index is -0.111. The van der Waals surface area contributed by atoms with E-state index >= 15 is 0 Å². The van der Waals surface area contributed by atoms with Crippen LogP contribution in [0.2, 0.25) is 5.02 Å². The van der Waals surface area contributed by atoms with Gasteiger partial charge in [0.1, 0.15) is 12.4 Å². The number of halogens is 1. The van der Waals surface area contributed by atoms with Gasteiger partial charge in [0, 0.05) is 12.1 Å². The zero-order valence-electron chi connectivity index (χ0n) is 14.2. The molecule has 0 atom stereocenters. The predicted molar refractivity (Wildman–Crippen MR) is 104 cm³/mol. The van der Waals surface area contributed by atoms with Crippen LogP contribution in [0.1, 0.15) is 5.56 Å². The number of nitrogens with zero attached hydrogens (tertiary/aromatic N) is 2. The molecule has 0 unspecified atom stereocenters. The first-order valence-electron chi connectivity index (χ1n) is 8.27. The molecule has 0 saturated carbocycles. The summed E-state index contributed by atoms with van der Waals surface area (Å²) < 4.78 is 9.08. The van der Waals surface area contributed by atoms with E-state index in [0.29, 0.717) is 11.6 Å². The fraction of sp³-hybridized carbons (Fsp3) is 0.0952. The largest absolute Gasteiger partial charge is 0.489 e. The third kappa shape index (κ3) is 3.00. The van der Waals surface area contributed by atoms with Gasteiger partial charge in [-0.2, -0.15) is 0 Å². The van der Waals surface area contributed by atoms with Crippen molar-refractivity contribution in [3.63, 3.8) is 0 Å². The lowest BCUT2D eigenvalue weighted by Crippen LogP contribution is -2.20. The molecule has 0 N–H and O–H groups in total. The lowest BCUT2D eigenvalue weighted by Gasteiger charge is -2.08. The van der Waals surface area contributed by atoms with Gasteiger partial charge >= 0.3 is 5.69 Å². The zero-order valence-corrected chi connectivity index (χ0v) is 15.0. The summed E-state index contributed by atoms with van der Waals surface area (Å²) in [6.07, 6.45) is 0. The van der Waals surface area contributed by atoms with Crippen LogP contribution in [0.3, 0.4) is 0 Å². The monoisotopic (exact) mass is 364 g/mol. The van der Waals surface area contributed by atoms with Crippen molar-refractivity contribution in [2.24, 2.45) is 7.05 Å². The highest BCUT2D eigenvalue weighted by Crippen LogP contribution is 2.23. The molecule has 0 fully saturated rings. The fourth-order valence-electron chi connectivity index (χ4n) is 3.00. The van der Waals surface area contributed by atoms with E-state index in [1.807, 2.05) is 60.7 Å². The fourth-order valence-corrected chi connectivity index (χ4v) is 3.16. The number of aromatic nitrogens is 2. The molecule has 0 bridgehead atoms. The summed E-state index contributed by atoms with van der Waals surface area (Å²) >= 11 is 6.12. The first-order chi connectivity index (χ1) is 12.6. The number of benzene rings is 3. The number of aryl methyl sites for hydroxylation is 1. The molecule has 130 valence electrons. The van der Waals surface area contributed by atoms with Gasteiger partial charge in [0.25, 0.3) is 0 Å². The summed E-state index contributed by atoms with van der Waals surface area (Å²) in [4.78, 5) is 12.6. The Morgan fingerprint density at radius 3 is 2.38 bits per heavy atom. The number of fused-ring (bicyclic) bond motifs is 1. The summed E-state index contributed by atoms with van der Waals surface area (Å²) in [5.74, 6) is 0.754. The van der Waals surface area contributed by atoms with Crippen LogP contribution in [0.5, 0.6) is 5.75 Å². The highest BCUT2D eigenvalue weighted by Gasteiger charge is 2.12. The van der Waals surface area contributed by atoms with E-state index in [1.54, 1.807) is 28.3 Å². The molecule has 0 saturated heterocycles. The molecule has 1 aromatic heterocycles. The minimum Gasteiger partial charge on any atom is -0.489 e. The van der Waals surface area contributed by atoms with Crippen molar-refractivity contribution in [2.75, 3.05) is 0 Å². The topological polar surface area (TPSA) is 36.2 Å². The van der Waals surface area contributed by atoms with Crippen molar-refractivity contribution in [3.8, 4) is 11.4 Å². The Morgan fingerprint density at radius 1 is 0.923 bits per heavy atom. The van der Waals surface area contributed by atoms with E-state index in [9.17, 15) is 4.79 Å². The summed E-state index contributed by atoms with van der Waals surface area (Å²) in [6.45, 7) is 0.504. The number of ether oxygens (including phenoxy) is 1. The lowest BCUT2D eigenvalue weighted by atomic mass is 10.2. The average Bonchev–Trinajstić information content (AvgIpc) is 2.91. The maximum Gasteiger partial charge on any atom is 0.333 e. The number of rotatable bonds is 4. The summed E-state index contributed by atoms with van der Waals surface area (Å²) in [6, 6.07) is 22.9. The van der Waals surface area contributed by atoms with E-state index in [0.717, 1.165) is 28.0 Å². The molecule has 0 amide bonds. The van der Waals surface area contributed by atoms with Gasteiger partial charge in [-0.3, -0.25) is 9.13 Å². The van der Waals surface area contributed by atoms with Crippen LogP contribution in [-0.4, -0.2) is 9.13 Å². The second-order valence-corrected chi connectivity index (χ2v) is 6.51. The van der Waals surface area contributed by atoms with Crippen LogP contribution in [0.15, 0.2) is 77.6 Å². The summed E-state index contributed by atoms with van der Waals surface area (Å²) in [5, 5.41) is 0.597. The maximum absolute atomic E-state index is 12.6. The summed E-state index contributed by atoms with van der Waals surface area (Å²) in [7, 11) is 1.76. The Balaban J connectivity index is 1.65. The first kappa shape index (κ1) is 16.5. The number of hydrogen-bond acceptors (Lipinski definition) is 2. The number of hydrogen-bond donors (Lipinski definition) is 0. The average molecular weight is 365 g/mol. The molecule has 26 heavy (non-hydrogen) atoms. The van der Waals surface area contributed by atoms with Crippen LogP contribution in [-0.2, 0) is 13.7 Å². The Bertz CT molecular complexity index is 1110. The molecule has 0 aliphatic carbocycles. The second-order valence-electron chi connectivity index (χ2n) is 6.08. The van der Waals surface area contributed by atoms with Crippen molar-refractivity contribution in [3.05, 3.63) is 93.9 Å². The molecule has 0 aliphatic rings. The molecule has 5 heteroatoms. The third-order valence-electron chi connectivity index (χ3n) is 4.36. The molecule has 4 rings (SSSR count). The molecule has 0 spiro atoms. The normalized spacial score (nSPS) is 11.0. The Hall–Kier alpha value is -2.98. The molecule has 4 aromatic rings. The molecular weight excluding hydrogens is 348 g/mol. The van der Waals surface area contributed by atoms with Gasteiger partial charge in [-0.25, -0.2) is 4.79 Å². The number of imidazole rings is 1. The van der Waals surface area contributed by atoms with Crippen molar-refractivity contribution < 1.29 is 4.74 Å². The summed E-state index contributed by atoms with van der Waals surface area (Å²) in [5.41, 5.74) is 3.39. The molecule has 3 aromatic carbocycles. The lowest BCUT2D eigenvalue weighted by molar-refractivity contribution is 0.306. The molecule has 0 aliphatic heterocycles. The molecule has 4 nitrogen and oxygen atoms in total. The zero-order chi connectivity index (χ0) is 18.1. The maximum atomic E-state index is 12.6. The van der Waals surface area contributed by atoms with E-state index in [-0.39, 0.29) is 5.69 Å². The van der Waals surface area contributed by atoms with Crippen LogP contribution < -0.4 is 10.4 Å². The van der Waals surface area contributed by atoms with Crippen LogP contribution >= 0.6 is 11.6 Å². The van der Waals surface area contributed by atoms with Crippen molar-refractivity contribution >= 4 is 22.6 Å². The second kappa shape index (κ2) is 6.73. The van der Waals surface area contributed by atoms with Gasteiger partial charge in [0.15, 0.2) is 0 Å². The minimum absolute atomic E-state index is 0.111. The molecular formula is C21H17ClN2O2. The smallest absolute Gasteiger partial charge is 0.333 e.